The van der Waals surface area contributed by atoms with E-state index in [4.69, 9.17) is 14.2 Å². The van der Waals surface area contributed by atoms with Crippen molar-refractivity contribution in [3.8, 4) is 0 Å². The van der Waals surface area contributed by atoms with E-state index in [9.17, 15) is 14.4 Å². The van der Waals surface area contributed by atoms with Crippen LogP contribution in [0, 0.1) is 11.8 Å². The fourth-order valence-corrected chi connectivity index (χ4v) is 9.90. The predicted octanol–water partition coefficient (Wildman–Crippen LogP) is 21.2. The highest BCUT2D eigenvalue weighted by Crippen LogP contribution is 2.19. The molecule has 0 spiro atoms. The third kappa shape index (κ3) is 55.7. The minimum Gasteiger partial charge on any atom is -0.462 e. The summed E-state index contributed by atoms with van der Waals surface area (Å²) < 4.78 is 17.0. The van der Waals surface area contributed by atoms with Crippen LogP contribution in [0.3, 0.4) is 0 Å². The van der Waals surface area contributed by atoms with E-state index in [1.165, 1.54) is 250 Å². The van der Waals surface area contributed by atoms with Crippen molar-refractivity contribution in [3.63, 3.8) is 0 Å². The van der Waals surface area contributed by atoms with Crippen LogP contribution in [0.1, 0.15) is 362 Å². The highest BCUT2D eigenvalue weighted by atomic mass is 16.6. The molecule has 1 unspecified atom stereocenters. The second-order valence-electron chi connectivity index (χ2n) is 22.8. The summed E-state index contributed by atoms with van der Waals surface area (Å²) in [6.07, 6.45) is 62.3. The van der Waals surface area contributed by atoms with Crippen LogP contribution >= 0.6 is 0 Å². The van der Waals surface area contributed by atoms with Gasteiger partial charge in [-0.15, -0.1) is 0 Å². The maximum Gasteiger partial charge on any atom is 0.306 e. The standard InChI is InChI=1S/C64H124O6/c1-6-8-9-10-11-12-13-14-17-24-29-34-39-44-49-54-62(65)68-57-61(70-64(67)56-51-46-41-36-31-26-21-20-23-28-33-38-43-48-53-60(5)7-2)58-69-63(66)55-50-45-40-35-30-25-19-16-15-18-22-27-32-37-42-47-52-59(3)4/h59-61H,6-58H2,1-5H3/t60?,61-/m0/s1. The minimum atomic E-state index is -0.763. The van der Waals surface area contributed by atoms with Crippen molar-refractivity contribution < 1.29 is 28.6 Å². The molecule has 0 amide bonds. The quantitative estimate of drug-likeness (QED) is 0.0343. The number of unbranched alkanes of at least 4 members (excludes halogenated alkanes) is 42. The monoisotopic (exact) mass is 989 g/mol. The molecule has 416 valence electrons. The van der Waals surface area contributed by atoms with Gasteiger partial charge in [0, 0.05) is 19.3 Å². The summed E-state index contributed by atoms with van der Waals surface area (Å²) >= 11 is 0. The van der Waals surface area contributed by atoms with Gasteiger partial charge in [-0.05, 0) is 31.1 Å². The van der Waals surface area contributed by atoms with Gasteiger partial charge in [0.05, 0.1) is 0 Å². The third-order valence-electron chi connectivity index (χ3n) is 15.1. The van der Waals surface area contributed by atoms with E-state index in [1.807, 2.05) is 0 Å². The Morgan fingerprint density at radius 2 is 0.543 bits per heavy atom. The predicted molar refractivity (Wildman–Crippen MR) is 303 cm³/mol. The van der Waals surface area contributed by atoms with E-state index in [2.05, 4.69) is 34.6 Å². The Morgan fingerprint density at radius 1 is 0.300 bits per heavy atom. The molecule has 0 saturated heterocycles. The number of rotatable bonds is 58. The maximum absolute atomic E-state index is 12.9. The van der Waals surface area contributed by atoms with Crippen LogP contribution in [0.5, 0.6) is 0 Å². The smallest absolute Gasteiger partial charge is 0.306 e. The van der Waals surface area contributed by atoms with Crippen LogP contribution < -0.4 is 0 Å². The molecule has 0 aromatic heterocycles. The number of carbonyl (C=O) groups is 3. The van der Waals surface area contributed by atoms with Crippen LogP contribution in [0.4, 0.5) is 0 Å². The topological polar surface area (TPSA) is 78.9 Å². The molecule has 0 aromatic carbocycles. The zero-order valence-electron chi connectivity index (χ0n) is 48.2. The Kier molecular flexibility index (Phi) is 55.4. The molecule has 0 saturated carbocycles. The summed E-state index contributed by atoms with van der Waals surface area (Å²) in [6.45, 7) is 11.5. The van der Waals surface area contributed by atoms with E-state index < -0.39 is 6.10 Å². The third-order valence-corrected chi connectivity index (χ3v) is 15.1. The van der Waals surface area contributed by atoms with Crippen molar-refractivity contribution in [3.05, 3.63) is 0 Å². The van der Waals surface area contributed by atoms with Crippen LogP contribution in [-0.4, -0.2) is 37.2 Å². The summed E-state index contributed by atoms with van der Waals surface area (Å²) in [7, 11) is 0. The van der Waals surface area contributed by atoms with E-state index in [0.717, 1.165) is 69.6 Å². The number of carbonyl (C=O) groups excluding carboxylic acids is 3. The molecule has 0 rings (SSSR count). The van der Waals surface area contributed by atoms with Crippen molar-refractivity contribution in [1.82, 2.24) is 0 Å². The number of esters is 3. The molecule has 0 N–H and O–H groups in total. The molecule has 0 aliphatic rings. The molecular formula is C64H124O6. The summed E-state index contributed by atoms with van der Waals surface area (Å²) in [5.74, 6) is 0.916. The molecule has 70 heavy (non-hydrogen) atoms. The first-order valence-corrected chi connectivity index (χ1v) is 31.8. The number of hydrogen-bond acceptors (Lipinski definition) is 6. The van der Waals surface area contributed by atoms with Crippen molar-refractivity contribution in [1.29, 1.82) is 0 Å². The summed E-state index contributed by atoms with van der Waals surface area (Å²) in [6, 6.07) is 0. The van der Waals surface area contributed by atoms with E-state index in [0.29, 0.717) is 19.3 Å². The van der Waals surface area contributed by atoms with Crippen LogP contribution in [0.25, 0.3) is 0 Å². The highest BCUT2D eigenvalue weighted by molar-refractivity contribution is 5.71. The van der Waals surface area contributed by atoms with Crippen molar-refractivity contribution >= 4 is 17.9 Å². The molecule has 6 heteroatoms. The number of ether oxygens (including phenoxy) is 3. The lowest BCUT2D eigenvalue weighted by atomic mass is 9.99. The first-order chi connectivity index (χ1) is 34.3. The zero-order valence-corrected chi connectivity index (χ0v) is 48.2. The lowest BCUT2D eigenvalue weighted by molar-refractivity contribution is -0.167. The second kappa shape index (κ2) is 56.7. The van der Waals surface area contributed by atoms with Gasteiger partial charge in [-0.25, -0.2) is 0 Å². The molecule has 0 fully saturated rings. The summed E-state index contributed by atoms with van der Waals surface area (Å²) in [5.41, 5.74) is 0. The van der Waals surface area contributed by atoms with Gasteiger partial charge in [0.25, 0.3) is 0 Å². The van der Waals surface area contributed by atoms with Crippen LogP contribution in [-0.2, 0) is 28.6 Å². The molecule has 6 nitrogen and oxygen atoms in total. The van der Waals surface area contributed by atoms with Gasteiger partial charge in [0.2, 0.25) is 0 Å². The Balaban J connectivity index is 4.29. The first-order valence-electron chi connectivity index (χ1n) is 31.8. The highest BCUT2D eigenvalue weighted by Gasteiger charge is 2.19. The lowest BCUT2D eigenvalue weighted by Gasteiger charge is -2.18. The molecule has 0 aromatic rings. The van der Waals surface area contributed by atoms with Gasteiger partial charge in [-0.1, -0.05) is 324 Å². The molecular weight excluding hydrogens is 865 g/mol. The Labute approximate surface area is 438 Å². The van der Waals surface area contributed by atoms with Crippen LogP contribution in [0.2, 0.25) is 0 Å². The van der Waals surface area contributed by atoms with Crippen molar-refractivity contribution in [2.75, 3.05) is 13.2 Å². The fourth-order valence-electron chi connectivity index (χ4n) is 9.90. The molecule has 0 radical (unpaired) electrons. The maximum atomic E-state index is 12.9. The second-order valence-corrected chi connectivity index (χ2v) is 22.8. The van der Waals surface area contributed by atoms with Crippen molar-refractivity contribution in [2.45, 2.75) is 368 Å². The Hall–Kier alpha value is -1.59. The molecule has 0 aliphatic heterocycles. The van der Waals surface area contributed by atoms with E-state index >= 15 is 0 Å². The Bertz CT molecular complexity index is 1070. The van der Waals surface area contributed by atoms with E-state index in [1.54, 1.807) is 0 Å². The van der Waals surface area contributed by atoms with Gasteiger partial charge in [0.15, 0.2) is 6.10 Å². The molecule has 2 atom stereocenters. The Morgan fingerprint density at radius 3 is 0.814 bits per heavy atom. The van der Waals surface area contributed by atoms with Gasteiger partial charge >= 0.3 is 17.9 Å². The SMILES string of the molecule is CCCCCCCCCCCCCCCCCC(=O)OC[C@@H](COC(=O)CCCCCCCCCCCCCCCCCCC(C)C)OC(=O)CCCCCCCCCCCCCCCCC(C)CC. The van der Waals surface area contributed by atoms with Gasteiger partial charge < -0.3 is 14.2 Å². The fraction of sp³-hybridized carbons (Fsp3) is 0.953. The number of hydrogen-bond donors (Lipinski definition) is 0. The molecule has 0 bridgehead atoms. The first kappa shape index (κ1) is 68.4. The van der Waals surface area contributed by atoms with Crippen molar-refractivity contribution in [2.24, 2.45) is 11.8 Å². The minimum absolute atomic E-state index is 0.0618. The molecule has 0 aliphatic carbocycles. The van der Waals surface area contributed by atoms with E-state index in [-0.39, 0.29) is 31.1 Å². The molecule has 0 heterocycles. The average Bonchev–Trinajstić information content (AvgIpc) is 3.35. The van der Waals surface area contributed by atoms with Crippen LogP contribution in [0.15, 0.2) is 0 Å². The normalized spacial score (nSPS) is 12.4. The van der Waals surface area contributed by atoms with Gasteiger partial charge in [-0.3, -0.25) is 14.4 Å². The van der Waals surface area contributed by atoms with Gasteiger partial charge in [-0.2, -0.15) is 0 Å². The zero-order chi connectivity index (χ0) is 51.1. The summed E-state index contributed by atoms with van der Waals surface area (Å²) in [5, 5.41) is 0. The average molecular weight is 990 g/mol. The lowest BCUT2D eigenvalue weighted by Crippen LogP contribution is -2.30. The van der Waals surface area contributed by atoms with Gasteiger partial charge in [0.1, 0.15) is 13.2 Å². The summed E-state index contributed by atoms with van der Waals surface area (Å²) in [4.78, 5) is 38.3. The largest absolute Gasteiger partial charge is 0.462 e.